The van der Waals surface area contributed by atoms with Gasteiger partial charge in [0.2, 0.25) is 0 Å². The summed E-state index contributed by atoms with van der Waals surface area (Å²) in [6.07, 6.45) is 2.04. The Labute approximate surface area is 126 Å². The fourth-order valence-corrected chi connectivity index (χ4v) is 2.82. The molecule has 2 N–H and O–H groups in total. The van der Waals surface area contributed by atoms with Crippen LogP contribution in [-0.4, -0.2) is 6.26 Å². The zero-order valence-corrected chi connectivity index (χ0v) is 13.3. The zero-order valence-electron chi connectivity index (χ0n) is 10.9. The lowest BCUT2D eigenvalue weighted by molar-refractivity contribution is 0.470. The number of benzene rings is 2. The van der Waals surface area contributed by atoms with Crippen LogP contribution in [0.25, 0.3) is 0 Å². The van der Waals surface area contributed by atoms with Gasteiger partial charge in [0.25, 0.3) is 0 Å². The molecule has 0 atom stereocenters. The molecule has 0 spiro atoms. The third kappa shape index (κ3) is 3.32. The number of hydrogen-bond acceptors (Lipinski definition) is 3. The molecule has 0 bridgehead atoms. The summed E-state index contributed by atoms with van der Waals surface area (Å²) in [6, 6.07) is 12.0. The lowest BCUT2D eigenvalue weighted by Crippen LogP contribution is -2.01. The largest absolute Gasteiger partial charge is 0.457 e. The first-order valence-electron chi connectivity index (χ1n) is 5.95. The van der Waals surface area contributed by atoms with E-state index < -0.39 is 0 Å². The van der Waals surface area contributed by atoms with Crippen molar-refractivity contribution >= 4 is 27.7 Å². The summed E-state index contributed by atoms with van der Waals surface area (Å²) in [5, 5.41) is 0. The van der Waals surface area contributed by atoms with Crippen molar-refractivity contribution in [3.05, 3.63) is 52.0 Å². The van der Waals surface area contributed by atoms with E-state index in [1.165, 1.54) is 0 Å². The number of nitrogens with two attached hydrogens (primary N) is 1. The fourth-order valence-electron chi connectivity index (χ4n) is 1.84. The Bertz CT molecular complexity index is 586. The van der Waals surface area contributed by atoms with Gasteiger partial charge in [-0.1, -0.05) is 28.1 Å². The van der Waals surface area contributed by atoms with Gasteiger partial charge in [0.1, 0.15) is 11.5 Å². The molecule has 2 aromatic rings. The summed E-state index contributed by atoms with van der Waals surface area (Å²) < 4.78 is 7.03. The number of hydrogen-bond donors (Lipinski definition) is 1. The maximum absolute atomic E-state index is 6.03. The van der Waals surface area contributed by atoms with E-state index in [-0.39, 0.29) is 0 Å². The van der Waals surface area contributed by atoms with Gasteiger partial charge in [-0.05, 0) is 43.0 Å². The molecule has 0 aliphatic carbocycles. The smallest absolute Gasteiger partial charge is 0.133 e. The Morgan fingerprint density at radius 3 is 2.68 bits per heavy atom. The van der Waals surface area contributed by atoms with E-state index in [0.29, 0.717) is 6.54 Å². The van der Waals surface area contributed by atoms with E-state index in [1.807, 2.05) is 43.5 Å². The Hall–Kier alpha value is -0.970. The molecular formula is C15H16BrNOS. The van der Waals surface area contributed by atoms with Crippen LogP contribution in [0.2, 0.25) is 0 Å². The molecule has 0 heterocycles. The SMILES string of the molecule is CSc1cccc(Oc2cc(Br)ccc2C)c1CN. The first kappa shape index (κ1) is 14.4. The predicted molar refractivity (Wildman–Crippen MR) is 85.1 cm³/mol. The lowest BCUT2D eigenvalue weighted by atomic mass is 10.2. The molecule has 100 valence electrons. The summed E-state index contributed by atoms with van der Waals surface area (Å²) in [5.41, 5.74) is 7.99. The summed E-state index contributed by atoms with van der Waals surface area (Å²) in [6.45, 7) is 2.50. The van der Waals surface area contributed by atoms with Gasteiger partial charge in [0, 0.05) is 21.5 Å². The predicted octanol–water partition coefficient (Wildman–Crippen LogP) is 4.73. The summed E-state index contributed by atoms with van der Waals surface area (Å²) in [4.78, 5) is 1.16. The highest BCUT2D eigenvalue weighted by molar-refractivity contribution is 9.10. The molecule has 2 aromatic carbocycles. The number of rotatable bonds is 4. The maximum atomic E-state index is 6.03. The summed E-state index contributed by atoms with van der Waals surface area (Å²) in [7, 11) is 0. The van der Waals surface area contributed by atoms with Gasteiger partial charge >= 0.3 is 0 Å². The van der Waals surface area contributed by atoms with Gasteiger partial charge in [0.15, 0.2) is 0 Å². The van der Waals surface area contributed by atoms with E-state index >= 15 is 0 Å². The Morgan fingerprint density at radius 1 is 1.21 bits per heavy atom. The monoisotopic (exact) mass is 337 g/mol. The standard InChI is InChI=1S/C15H16BrNOS/c1-10-6-7-11(16)8-14(10)18-13-4-3-5-15(19-2)12(13)9-17/h3-8H,9,17H2,1-2H3. The third-order valence-corrected chi connectivity index (χ3v) is 4.20. The van der Waals surface area contributed by atoms with Gasteiger partial charge in [0.05, 0.1) is 0 Å². The van der Waals surface area contributed by atoms with Crippen LogP contribution < -0.4 is 10.5 Å². The minimum absolute atomic E-state index is 0.472. The first-order valence-corrected chi connectivity index (χ1v) is 7.97. The minimum atomic E-state index is 0.472. The average Bonchev–Trinajstić information content (AvgIpc) is 2.42. The van der Waals surface area contributed by atoms with Crippen LogP contribution in [-0.2, 0) is 6.54 Å². The highest BCUT2D eigenvalue weighted by Crippen LogP contribution is 2.34. The Morgan fingerprint density at radius 2 is 2.00 bits per heavy atom. The molecule has 0 unspecified atom stereocenters. The molecule has 0 amide bonds. The van der Waals surface area contributed by atoms with Crippen LogP contribution in [0.4, 0.5) is 0 Å². The maximum Gasteiger partial charge on any atom is 0.133 e. The van der Waals surface area contributed by atoms with Gasteiger partial charge in [-0.2, -0.15) is 0 Å². The third-order valence-electron chi connectivity index (χ3n) is 2.88. The van der Waals surface area contributed by atoms with Crippen molar-refractivity contribution in [2.24, 2.45) is 5.73 Å². The second-order valence-electron chi connectivity index (χ2n) is 4.15. The van der Waals surface area contributed by atoms with Gasteiger partial charge in [-0.3, -0.25) is 0 Å². The fraction of sp³-hybridized carbons (Fsp3) is 0.200. The first-order chi connectivity index (χ1) is 9.15. The molecule has 19 heavy (non-hydrogen) atoms. The second-order valence-corrected chi connectivity index (χ2v) is 5.92. The molecule has 0 aromatic heterocycles. The van der Waals surface area contributed by atoms with Gasteiger partial charge < -0.3 is 10.5 Å². The second kappa shape index (κ2) is 6.46. The van der Waals surface area contributed by atoms with E-state index in [1.54, 1.807) is 11.8 Å². The molecule has 2 rings (SSSR count). The lowest BCUT2D eigenvalue weighted by Gasteiger charge is -2.14. The highest BCUT2D eigenvalue weighted by atomic mass is 79.9. The van der Waals surface area contributed by atoms with Crippen molar-refractivity contribution in [2.45, 2.75) is 18.4 Å². The Balaban J connectivity index is 2.40. The van der Waals surface area contributed by atoms with Crippen molar-refractivity contribution in [1.29, 1.82) is 0 Å². The molecule has 2 nitrogen and oxygen atoms in total. The van der Waals surface area contributed by atoms with Crippen molar-refractivity contribution in [1.82, 2.24) is 0 Å². The molecule has 0 saturated heterocycles. The van der Waals surface area contributed by atoms with Crippen molar-refractivity contribution in [2.75, 3.05) is 6.26 Å². The number of ether oxygens (including phenoxy) is 1. The minimum Gasteiger partial charge on any atom is -0.457 e. The van der Waals surface area contributed by atoms with Crippen LogP contribution in [0.3, 0.4) is 0 Å². The van der Waals surface area contributed by atoms with Crippen LogP contribution >= 0.6 is 27.7 Å². The van der Waals surface area contributed by atoms with E-state index in [0.717, 1.165) is 32.0 Å². The van der Waals surface area contributed by atoms with Gasteiger partial charge in [-0.15, -0.1) is 11.8 Å². The number of thioether (sulfide) groups is 1. The molecule has 0 aliphatic rings. The normalized spacial score (nSPS) is 10.5. The van der Waals surface area contributed by atoms with Crippen LogP contribution in [0, 0.1) is 6.92 Å². The summed E-state index contributed by atoms with van der Waals surface area (Å²) >= 11 is 5.15. The summed E-state index contributed by atoms with van der Waals surface area (Å²) in [5.74, 6) is 1.68. The van der Waals surface area contributed by atoms with Crippen molar-refractivity contribution in [3.8, 4) is 11.5 Å². The van der Waals surface area contributed by atoms with Crippen LogP contribution in [0.15, 0.2) is 45.8 Å². The van der Waals surface area contributed by atoms with E-state index in [9.17, 15) is 0 Å². The van der Waals surface area contributed by atoms with E-state index in [2.05, 4.69) is 22.0 Å². The van der Waals surface area contributed by atoms with Crippen LogP contribution in [0.1, 0.15) is 11.1 Å². The molecular weight excluding hydrogens is 322 g/mol. The topological polar surface area (TPSA) is 35.2 Å². The Kier molecular flexibility index (Phi) is 4.91. The van der Waals surface area contributed by atoms with Crippen molar-refractivity contribution < 1.29 is 4.74 Å². The molecule has 0 aliphatic heterocycles. The number of halogens is 1. The highest BCUT2D eigenvalue weighted by Gasteiger charge is 2.10. The molecule has 0 saturated carbocycles. The molecule has 0 radical (unpaired) electrons. The van der Waals surface area contributed by atoms with Crippen molar-refractivity contribution in [3.63, 3.8) is 0 Å². The quantitative estimate of drug-likeness (QED) is 0.819. The zero-order chi connectivity index (χ0) is 13.8. The van der Waals surface area contributed by atoms with E-state index in [4.69, 9.17) is 10.5 Å². The number of aryl methyl sites for hydroxylation is 1. The molecule has 0 fully saturated rings. The molecule has 4 heteroatoms. The van der Waals surface area contributed by atoms with Gasteiger partial charge in [-0.25, -0.2) is 0 Å². The van der Waals surface area contributed by atoms with Crippen LogP contribution in [0.5, 0.6) is 11.5 Å². The average molecular weight is 338 g/mol.